The lowest BCUT2D eigenvalue weighted by Crippen LogP contribution is -2.09. The van der Waals surface area contributed by atoms with Crippen LogP contribution in [0.15, 0.2) is 39.3 Å². The molecule has 1 nitrogen and oxygen atoms in total. The Bertz CT molecular complexity index is 674. The van der Waals surface area contributed by atoms with Gasteiger partial charge in [-0.2, -0.15) is 0 Å². The van der Waals surface area contributed by atoms with Gasteiger partial charge in [0.2, 0.25) is 5.78 Å². The van der Waals surface area contributed by atoms with Gasteiger partial charge in [-0.3, -0.25) is 4.79 Å². The second-order valence-electron chi connectivity index (χ2n) is 3.65. The Labute approximate surface area is 129 Å². The molecule has 19 heavy (non-hydrogen) atoms. The van der Waals surface area contributed by atoms with E-state index >= 15 is 0 Å². The fourth-order valence-corrected chi connectivity index (χ4v) is 2.46. The molecule has 0 saturated carbocycles. The summed E-state index contributed by atoms with van der Waals surface area (Å²) in [6.07, 6.45) is 0. The Morgan fingerprint density at radius 2 is 1.74 bits per heavy atom. The normalized spacial score (nSPS) is 10.6. The first-order valence-electron chi connectivity index (χ1n) is 5.05. The van der Waals surface area contributed by atoms with Crippen LogP contribution >= 0.6 is 43.5 Å². The molecule has 0 amide bonds. The van der Waals surface area contributed by atoms with Gasteiger partial charge in [0.25, 0.3) is 0 Å². The quantitative estimate of drug-likeness (QED) is 0.480. The summed E-state index contributed by atoms with van der Waals surface area (Å²) in [5, 5.41) is 0.117. The fourth-order valence-electron chi connectivity index (χ4n) is 1.55. The topological polar surface area (TPSA) is 17.1 Å². The summed E-state index contributed by atoms with van der Waals surface area (Å²) in [4.78, 5) is 12.2. The van der Waals surface area contributed by atoms with E-state index in [1.807, 2.05) is 0 Å². The zero-order valence-electron chi connectivity index (χ0n) is 9.18. The van der Waals surface area contributed by atoms with E-state index in [0.29, 0.717) is 4.47 Å². The number of ketones is 1. The summed E-state index contributed by atoms with van der Waals surface area (Å²) >= 11 is 12.0. The van der Waals surface area contributed by atoms with E-state index in [1.165, 1.54) is 12.1 Å². The molecule has 2 aromatic carbocycles. The highest BCUT2D eigenvalue weighted by atomic mass is 79.9. The Hall–Kier alpha value is -0.780. The molecule has 0 bridgehead atoms. The van der Waals surface area contributed by atoms with Crippen LogP contribution in [0.3, 0.4) is 0 Å². The Kier molecular flexibility index (Phi) is 4.38. The monoisotopic (exact) mass is 408 g/mol. The van der Waals surface area contributed by atoms with Crippen molar-refractivity contribution >= 4 is 49.2 Å². The molecule has 6 heteroatoms. The largest absolute Gasteiger partial charge is 0.288 e. The van der Waals surface area contributed by atoms with Gasteiger partial charge in [0, 0.05) is 10.0 Å². The summed E-state index contributed by atoms with van der Waals surface area (Å²) in [6.45, 7) is 0. The van der Waals surface area contributed by atoms with E-state index in [2.05, 4.69) is 31.9 Å². The van der Waals surface area contributed by atoms with Gasteiger partial charge in [0.1, 0.15) is 5.82 Å². The van der Waals surface area contributed by atoms with Gasteiger partial charge < -0.3 is 0 Å². The van der Waals surface area contributed by atoms with Crippen molar-refractivity contribution in [3.8, 4) is 0 Å². The first-order valence-corrected chi connectivity index (χ1v) is 7.02. The van der Waals surface area contributed by atoms with Gasteiger partial charge >= 0.3 is 0 Å². The van der Waals surface area contributed by atoms with Crippen LogP contribution < -0.4 is 0 Å². The number of carbonyl (C=O) groups excluding carboxylic acids is 1. The highest BCUT2D eigenvalue weighted by Gasteiger charge is 2.23. The molecule has 0 radical (unpaired) electrons. The molecule has 0 aliphatic carbocycles. The lowest BCUT2D eigenvalue weighted by Gasteiger charge is -2.08. The highest BCUT2D eigenvalue weighted by molar-refractivity contribution is 9.10. The highest BCUT2D eigenvalue weighted by Crippen LogP contribution is 2.30. The standard InChI is InChI=1S/C13H5Br2ClF2O/c14-7-3-1-2-6(11(7)16)13(19)10-9(17)5-4-8(15)12(10)18/h1-5H. The molecule has 0 saturated heterocycles. The summed E-state index contributed by atoms with van der Waals surface area (Å²) in [5.74, 6) is -2.68. The molecule has 0 heterocycles. The van der Waals surface area contributed by atoms with Crippen LogP contribution in [0.2, 0.25) is 5.02 Å². The van der Waals surface area contributed by atoms with Crippen LogP contribution in [0.1, 0.15) is 15.9 Å². The molecule has 98 valence electrons. The molecule has 0 N–H and O–H groups in total. The van der Waals surface area contributed by atoms with E-state index in [4.69, 9.17) is 11.6 Å². The van der Waals surface area contributed by atoms with E-state index in [9.17, 15) is 13.6 Å². The molecule has 0 atom stereocenters. The van der Waals surface area contributed by atoms with Gasteiger partial charge in [-0.15, -0.1) is 0 Å². The first-order chi connectivity index (χ1) is 8.93. The smallest absolute Gasteiger partial charge is 0.200 e. The van der Waals surface area contributed by atoms with Gasteiger partial charge in [-0.1, -0.05) is 17.7 Å². The van der Waals surface area contributed by atoms with E-state index < -0.39 is 23.0 Å². The fraction of sp³-hybridized carbons (Fsp3) is 0. The molecule has 0 aliphatic heterocycles. The van der Waals surface area contributed by atoms with E-state index in [0.717, 1.165) is 6.07 Å². The van der Waals surface area contributed by atoms with Crippen molar-refractivity contribution in [2.24, 2.45) is 0 Å². The summed E-state index contributed by atoms with van der Waals surface area (Å²) in [6, 6.07) is 6.83. The third kappa shape index (κ3) is 2.73. The zero-order valence-corrected chi connectivity index (χ0v) is 13.1. The molecule has 0 unspecified atom stereocenters. The zero-order chi connectivity index (χ0) is 14.2. The molecule has 0 spiro atoms. The number of hydrogen-bond donors (Lipinski definition) is 0. The SMILES string of the molecule is O=C(c1cccc(Br)c1Cl)c1c(F)ccc(Br)c1F. The van der Waals surface area contributed by atoms with E-state index in [1.54, 1.807) is 12.1 Å². The molecule has 0 aliphatic rings. The predicted octanol–water partition coefficient (Wildman–Crippen LogP) is 5.37. The number of benzene rings is 2. The van der Waals surface area contributed by atoms with Crippen molar-refractivity contribution in [1.29, 1.82) is 0 Å². The minimum absolute atomic E-state index is 0.0170. The molecular formula is C13H5Br2ClF2O. The van der Waals surface area contributed by atoms with Gasteiger partial charge in [0.05, 0.1) is 15.1 Å². The van der Waals surface area contributed by atoms with Crippen molar-refractivity contribution in [2.75, 3.05) is 0 Å². The third-order valence-electron chi connectivity index (χ3n) is 2.47. The second-order valence-corrected chi connectivity index (χ2v) is 5.74. The van der Waals surface area contributed by atoms with Gasteiger partial charge in [-0.05, 0) is 56.1 Å². The maximum Gasteiger partial charge on any atom is 0.200 e. The maximum atomic E-state index is 13.9. The Morgan fingerprint density at radius 3 is 2.42 bits per heavy atom. The van der Waals surface area contributed by atoms with Crippen LogP contribution in [0.25, 0.3) is 0 Å². The number of carbonyl (C=O) groups is 1. The maximum absolute atomic E-state index is 13.9. The molecule has 0 fully saturated rings. The Morgan fingerprint density at radius 1 is 1.05 bits per heavy atom. The summed E-state index contributed by atoms with van der Waals surface area (Å²) in [5.41, 5.74) is -0.596. The molecular weight excluding hydrogens is 405 g/mol. The lowest BCUT2D eigenvalue weighted by molar-refractivity contribution is 0.103. The van der Waals surface area contributed by atoms with Crippen molar-refractivity contribution in [1.82, 2.24) is 0 Å². The van der Waals surface area contributed by atoms with Crippen LogP contribution in [-0.2, 0) is 0 Å². The van der Waals surface area contributed by atoms with Crippen LogP contribution in [0, 0.1) is 11.6 Å². The van der Waals surface area contributed by atoms with Crippen molar-refractivity contribution in [3.05, 3.63) is 67.1 Å². The van der Waals surface area contributed by atoms with Gasteiger partial charge in [0.15, 0.2) is 5.82 Å². The minimum atomic E-state index is -0.943. The molecule has 2 rings (SSSR count). The first kappa shape index (κ1) is 14.6. The van der Waals surface area contributed by atoms with Crippen LogP contribution in [0.5, 0.6) is 0 Å². The minimum Gasteiger partial charge on any atom is -0.288 e. The van der Waals surface area contributed by atoms with Gasteiger partial charge in [-0.25, -0.2) is 8.78 Å². The van der Waals surface area contributed by atoms with Crippen molar-refractivity contribution in [2.45, 2.75) is 0 Å². The van der Waals surface area contributed by atoms with E-state index in [-0.39, 0.29) is 15.1 Å². The average Bonchev–Trinajstić information content (AvgIpc) is 2.37. The van der Waals surface area contributed by atoms with Crippen molar-refractivity contribution < 1.29 is 13.6 Å². The van der Waals surface area contributed by atoms with Crippen molar-refractivity contribution in [3.63, 3.8) is 0 Å². The number of hydrogen-bond acceptors (Lipinski definition) is 1. The molecule has 2 aromatic rings. The molecule has 0 aromatic heterocycles. The summed E-state index contributed by atoms with van der Waals surface area (Å²) < 4.78 is 28.0. The number of halogens is 5. The summed E-state index contributed by atoms with van der Waals surface area (Å²) in [7, 11) is 0. The predicted molar refractivity (Wildman–Crippen MR) is 76.6 cm³/mol. The Balaban J connectivity index is 2.63. The third-order valence-corrected chi connectivity index (χ3v) is 4.38. The average molecular weight is 410 g/mol. The lowest BCUT2D eigenvalue weighted by atomic mass is 10.0. The van der Waals surface area contributed by atoms with Crippen LogP contribution in [-0.4, -0.2) is 5.78 Å². The second kappa shape index (κ2) is 5.69. The van der Waals surface area contributed by atoms with Crippen LogP contribution in [0.4, 0.5) is 8.78 Å². The number of rotatable bonds is 2.